The number of alkyl halides is 6. The highest BCUT2D eigenvalue weighted by Gasteiger charge is 2.51. The van der Waals surface area contributed by atoms with Gasteiger partial charge in [0.1, 0.15) is 4.90 Å². The smallest absolute Gasteiger partial charge is 0.399 e. The Kier molecular flexibility index (Phi) is 13.8. The van der Waals surface area contributed by atoms with E-state index in [1.807, 2.05) is 58.9 Å². The van der Waals surface area contributed by atoms with Gasteiger partial charge in [-0.2, -0.15) is 43.5 Å². The average molecular weight is 1040 g/mol. The zero-order chi connectivity index (χ0) is 53.2. The molecule has 8 aromatic rings. The van der Waals surface area contributed by atoms with Gasteiger partial charge in [-0.15, -0.1) is 0 Å². The summed E-state index contributed by atoms with van der Waals surface area (Å²) >= 11 is 0. The SMILES string of the molecule is Cc1cnc2c(C(F)(F)F)cccc2c1-c1cccc(B2OC(C)(C)C(C)(C)O2)c1.Cc1cnc2c(C(F)(F)F)cccc2c1-c1cccc(Cc2cccc(S(=O)(=O)Oc3c(F)c(F)c(F)c(F)c3F)c2)c1. The first-order chi connectivity index (χ1) is 34.1. The average Bonchev–Trinajstić information content (AvgIpc) is 3.56. The molecule has 0 spiro atoms. The van der Waals surface area contributed by atoms with Gasteiger partial charge >= 0.3 is 29.6 Å². The van der Waals surface area contributed by atoms with Crippen LogP contribution in [0.25, 0.3) is 44.1 Å². The van der Waals surface area contributed by atoms with Crippen LogP contribution in [0, 0.1) is 42.9 Å². The Balaban J connectivity index is 0.000000207. The number of halogens is 11. The number of nitrogens with zero attached hydrogens (tertiary/aromatic N) is 2. The standard InChI is InChI=1S/C30H17F8NO3S.C23H23BF3NO2/c1-15-14-39-28-20(9-4-10-21(28)30(36,37)38)22(15)18-7-2-5-16(12-18)11-17-6-3-8-19(13-17)43(40,41)42-29-26(34)24(32)23(31)25(33)27(29)35;1-14-13-28-20-17(10-7-11-18(20)23(25,26)27)19(14)15-8-6-9-16(12-15)24-29-21(2,3)22(4,5)30-24/h2-10,12-14H,11H2,1H3;6-13H,1-5H3. The summed E-state index contributed by atoms with van der Waals surface area (Å²) in [6, 6.07) is 27.2. The number of pyridine rings is 2. The third-order valence-electron chi connectivity index (χ3n) is 12.7. The molecule has 3 heterocycles. The molecule has 0 amide bonds. The fraction of sp³-hybridized carbons (Fsp3) is 0.208. The molecule has 378 valence electrons. The molecule has 20 heteroatoms. The van der Waals surface area contributed by atoms with E-state index in [0.29, 0.717) is 33.2 Å². The summed E-state index contributed by atoms with van der Waals surface area (Å²) in [6.07, 6.45) is -6.15. The van der Waals surface area contributed by atoms with Gasteiger partial charge in [-0.05, 0) is 122 Å². The molecule has 1 saturated heterocycles. The van der Waals surface area contributed by atoms with E-state index in [0.717, 1.165) is 46.4 Å². The molecule has 1 aliphatic heterocycles. The summed E-state index contributed by atoms with van der Waals surface area (Å²) in [5, 5.41) is 0.751. The van der Waals surface area contributed by atoms with Crippen LogP contribution in [0.2, 0.25) is 0 Å². The molecule has 73 heavy (non-hydrogen) atoms. The Labute approximate surface area is 411 Å². The van der Waals surface area contributed by atoms with Crippen molar-refractivity contribution in [3.63, 3.8) is 0 Å². The number of rotatable bonds is 8. The summed E-state index contributed by atoms with van der Waals surface area (Å²) in [7, 11) is -5.60. The molecule has 0 atom stereocenters. The topological polar surface area (TPSA) is 87.6 Å². The van der Waals surface area contributed by atoms with Crippen LogP contribution in [-0.2, 0) is 38.2 Å². The van der Waals surface area contributed by atoms with Crippen molar-refractivity contribution in [3.8, 4) is 28.0 Å². The monoisotopic (exact) mass is 1040 g/mol. The molecule has 2 aromatic heterocycles. The summed E-state index contributed by atoms with van der Waals surface area (Å²) in [6.45, 7) is 11.5. The van der Waals surface area contributed by atoms with Gasteiger partial charge in [-0.1, -0.05) is 84.9 Å². The van der Waals surface area contributed by atoms with E-state index in [2.05, 4.69) is 14.2 Å². The Morgan fingerprint density at radius 1 is 0.562 bits per heavy atom. The van der Waals surface area contributed by atoms with E-state index in [1.54, 1.807) is 37.3 Å². The first-order valence-corrected chi connectivity index (χ1v) is 23.5. The molecule has 0 bridgehead atoms. The van der Waals surface area contributed by atoms with Crippen LogP contribution < -0.4 is 9.65 Å². The molecule has 9 rings (SSSR count). The van der Waals surface area contributed by atoms with E-state index in [4.69, 9.17) is 9.31 Å². The molecule has 7 nitrogen and oxygen atoms in total. The second kappa shape index (κ2) is 19.2. The summed E-state index contributed by atoms with van der Waals surface area (Å²) in [5.41, 5.74) is 2.98. The van der Waals surface area contributed by atoms with Gasteiger partial charge in [0.2, 0.25) is 34.8 Å². The minimum absolute atomic E-state index is 0.0494. The fourth-order valence-corrected chi connectivity index (χ4v) is 9.39. The number of hydrogen-bond acceptors (Lipinski definition) is 7. The van der Waals surface area contributed by atoms with Crippen molar-refractivity contribution in [2.45, 2.75) is 76.4 Å². The second-order valence-corrected chi connectivity index (χ2v) is 19.8. The van der Waals surface area contributed by atoms with E-state index in [9.17, 15) is 56.7 Å². The molecule has 0 radical (unpaired) electrons. The highest BCUT2D eigenvalue weighted by Crippen LogP contribution is 2.42. The van der Waals surface area contributed by atoms with E-state index in [1.165, 1.54) is 42.7 Å². The van der Waals surface area contributed by atoms with Gasteiger partial charge in [0.15, 0.2) is 0 Å². The molecule has 0 unspecified atom stereocenters. The molecule has 1 aliphatic rings. The molecular weight excluding hydrogens is 996 g/mol. The normalized spacial score (nSPS) is 14.6. The van der Waals surface area contributed by atoms with Crippen LogP contribution in [0.3, 0.4) is 0 Å². The predicted molar refractivity (Wildman–Crippen MR) is 253 cm³/mol. The van der Waals surface area contributed by atoms with Crippen LogP contribution in [0.4, 0.5) is 48.3 Å². The first-order valence-electron chi connectivity index (χ1n) is 22.1. The summed E-state index contributed by atoms with van der Waals surface area (Å²) in [4.78, 5) is 7.49. The number of para-hydroxylation sites is 2. The Hall–Kier alpha value is -6.90. The van der Waals surface area contributed by atoms with Crippen molar-refractivity contribution in [1.82, 2.24) is 9.97 Å². The minimum Gasteiger partial charge on any atom is -0.399 e. The van der Waals surface area contributed by atoms with Gasteiger partial charge in [-0.25, -0.2) is 13.2 Å². The van der Waals surface area contributed by atoms with Crippen LogP contribution in [0.15, 0.2) is 126 Å². The summed E-state index contributed by atoms with van der Waals surface area (Å²) in [5.74, 6) is -14.1. The predicted octanol–water partition coefficient (Wildman–Crippen LogP) is 13.8. The van der Waals surface area contributed by atoms with E-state index in [-0.39, 0.29) is 22.8 Å². The van der Waals surface area contributed by atoms with Crippen LogP contribution in [0.1, 0.15) is 61.1 Å². The Bertz CT molecular complexity index is 3540. The highest BCUT2D eigenvalue weighted by molar-refractivity contribution is 7.87. The lowest BCUT2D eigenvalue weighted by atomic mass is 9.77. The van der Waals surface area contributed by atoms with Gasteiger partial charge in [-0.3, -0.25) is 9.97 Å². The summed E-state index contributed by atoms with van der Waals surface area (Å²) < 4.78 is 192. The molecule has 0 aliphatic carbocycles. The molecular formula is C53H40BF11N2O5S. The minimum atomic E-state index is -5.05. The third-order valence-corrected chi connectivity index (χ3v) is 13.9. The van der Waals surface area contributed by atoms with Crippen LogP contribution in [-0.4, -0.2) is 36.7 Å². The molecule has 0 saturated carbocycles. The molecule has 0 N–H and O–H groups in total. The quantitative estimate of drug-likeness (QED) is 0.0492. The fourth-order valence-electron chi connectivity index (χ4n) is 8.39. The highest BCUT2D eigenvalue weighted by atomic mass is 32.2. The van der Waals surface area contributed by atoms with Gasteiger partial charge in [0.25, 0.3) is 0 Å². The lowest BCUT2D eigenvalue weighted by Crippen LogP contribution is -2.41. The van der Waals surface area contributed by atoms with Crippen molar-refractivity contribution in [3.05, 3.63) is 184 Å². The Morgan fingerprint density at radius 2 is 0.986 bits per heavy atom. The maximum absolute atomic E-state index is 14.0. The second-order valence-electron chi connectivity index (χ2n) is 18.2. The number of aromatic nitrogens is 2. The zero-order valence-electron chi connectivity index (χ0n) is 39.3. The largest absolute Gasteiger partial charge is 0.494 e. The Morgan fingerprint density at radius 3 is 1.48 bits per heavy atom. The first kappa shape index (κ1) is 52.4. The molecule has 6 aromatic carbocycles. The number of aryl methyl sites for hydroxylation is 2. The number of hydrogen-bond donors (Lipinski definition) is 0. The van der Waals surface area contributed by atoms with E-state index < -0.39 is 91.6 Å². The maximum Gasteiger partial charge on any atom is 0.494 e. The molecule has 1 fully saturated rings. The van der Waals surface area contributed by atoms with Crippen molar-refractivity contribution in [2.24, 2.45) is 0 Å². The maximum atomic E-state index is 14.0. The zero-order valence-corrected chi connectivity index (χ0v) is 40.1. The van der Waals surface area contributed by atoms with Crippen molar-refractivity contribution in [2.75, 3.05) is 0 Å². The van der Waals surface area contributed by atoms with Crippen molar-refractivity contribution < 1.29 is 70.2 Å². The van der Waals surface area contributed by atoms with Gasteiger partial charge in [0.05, 0.1) is 33.4 Å². The van der Waals surface area contributed by atoms with Crippen LogP contribution >= 0.6 is 0 Å². The lowest BCUT2D eigenvalue weighted by Gasteiger charge is -2.32. The third kappa shape index (κ3) is 10.2. The van der Waals surface area contributed by atoms with E-state index >= 15 is 0 Å². The van der Waals surface area contributed by atoms with Crippen molar-refractivity contribution in [1.29, 1.82) is 0 Å². The number of benzene rings is 6. The van der Waals surface area contributed by atoms with Crippen LogP contribution in [0.5, 0.6) is 5.75 Å². The van der Waals surface area contributed by atoms with Gasteiger partial charge in [0, 0.05) is 23.2 Å². The lowest BCUT2D eigenvalue weighted by molar-refractivity contribution is -0.137. The van der Waals surface area contributed by atoms with Gasteiger partial charge < -0.3 is 13.5 Å². The number of fused-ring (bicyclic) bond motifs is 2. The van der Waals surface area contributed by atoms with Crippen molar-refractivity contribution >= 4 is 44.5 Å².